The largest absolute Gasteiger partial charge is 0.388 e. The van der Waals surface area contributed by atoms with Crippen LogP contribution in [0.3, 0.4) is 0 Å². The fraction of sp³-hybridized carbons (Fsp3) is 0.387. The Hall–Kier alpha value is -4.09. The Morgan fingerprint density at radius 2 is 1.77 bits per heavy atom. The number of nitrogens with zero attached hydrogens (tertiary/aromatic N) is 2. The molecule has 0 saturated carbocycles. The summed E-state index contributed by atoms with van der Waals surface area (Å²) in [5.74, 6) is -0.0668. The molecule has 1 aliphatic carbocycles. The first-order valence-corrected chi connectivity index (χ1v) is 13.5. The molecule has 6 N–H and O–H groups in total. The second-order valence-electron chi connectivity index (χ2n) is 10.3. The van der Waals surface area contributed by atoms with Crippen molar-refractivity contribution in [2.45, 2.75) is 43.6 Å². The van der Waals surface area contributed by atoms with Gasteiger partial charge in [-0.05, 0) is 84.7 Å². The average Bonchev–Trinajstić information content (AvgIpc) is 3.39. The third-order valence-electron chi connectivity index (χ3n) is 8.21. The van der Waals surface area contributed by atoms with Gasteiger partial charge in [0.15, 0.2) is 0 Å². The maximum Gasteiger partial charge on any atom is 0.251 e. The number of likely N-dealkylation sites (tertiary alicyclic amines) is 1. The van der Waals surface area contributed by atoms with E-state index in [1.807, 2.05) is 31.3 Å². The lowest BCUT2D eigenvalue weighted by Crippen LogP contribution is -2.45. The first kappa shape index (κ1) is 27.9. The molecule has 204 valence electrons. The van der Waals surface area contributed by atoms with Crippen LogP contribution < -0.4 is 21.7 Å². The van der Waals surface area contributed by atoms with E-state index < -0.39 is 5.41 Å². The number of hydrogen-bond acceptors (Lipinski definition) is 6. The van der Waals surface area contributed by atoms with Crippen molar-refractivity contribution in [3.8, 4) is 6.07 Å². The van der Waals surface area contributed by atoms with E-state index >= 15 is 0 Å². The Labute approximate surface area is 231 Å². The summed E-state index contributed by atoms with van der Waals surface area (Å²) in [6, 6.07) is 14.2. The summed E-state index contributed by atoms with van der Waals surface area (Å²) in [5.41, 5.74) is 13.1. The number of fused-ring (bicyclic) bond motifs is 2. The summed E-state index contributed by atoms with van der Waals surface area (Å²) in [6.07, 6.45) is 3.91. The third-order valence-corrected chi connectivity index (χ3v) is 8.21. The van der Waals surface area contributed by atoms with Crippen molar-refractivity contribution in [1.82, 2.24) is 20.9 Å². The average molecular weight is 526 g/mol. The van der Waals surface area contributed by atoms with Crippen LogP contribution in [0.15, 0.2) is 55.3 Å². The Kier molecular flexibility index (Phi) is 8.41. The minimum absolute atomic E-state index is 0.0736. The molecule has 2 atom stereocenters. The molecular weight excluding hydrogens is 486 g/mol. The van der Waals surface area contributed by atoms with Crippen molar-refractivity contribution in [3.05, 3.63) is 88.6 Å². The van der Waals surface area contributed by atoms with Crippen LogP contribution in [0, 0.1) is 16.7 Å². The van der Waals surface area contributed by atoms with E-state index in [0.717, 1.165) is 71.4 Å². The van der Waals surface area contributed by atoms with Crippen molar-refractivity contribution >= 4 is 17.4 Å². The van der Waals surface area contributed by atoms with Crippen molar-refractivity contribution in [3.63, 3.8) is 0 Å². The van der Waals surface area contributed by atoms with E-state index in [1.165, 1.54) is 0 Å². The summed E-state index contributed by atoms with van der Waals surface area (Å²) in [7, 11) is 3.48. The lowest BCUT2D eigenvalue weighted by atomic mass is 9.69. The van der Waals surface area contributed by atoms with Crippen LogP contribution in [0.5, 0.6) is 0 Å². The molecule has 2 aromatic carbocycles. The van der Waals surface area contributed by atoms with Gasteiger partial charge in [0.1, 0.15) is 11.9 Å². The Bertz CT molecular complexity index is 1270. The van der Waals surface area contributed by atoms with Crippen LogP contribution in [-0.2, 0) is 18.3 Å². The number of benzene rings is 2. The smallest absolute Gasteiger partial charge is 0.251 e. The van der Waals surface area contributed by atoms with Crippen LogP contribution in [0.25, 0.3) is 5.70 Å². The number of aryl methyl sites for hydroxylation is 2. The van der Waals surface area contributed by atoms with Gasteiger partial charge in [-0.25, -0.2) is 0 Å². The van der Waals surface area contributed by atoms with Crippen molar-refractivity contribution in [2.24, 2.45) is 5.73 Å². The number of nitriles is 1. The standard InChI is InChI=1S/C31H39N7O/c1-20(38-15-5-6-26(38)18-32)19-37-14-13-31(30(33)34)27-11-9-22(21(2)35-3)16-23(27)7-8-24-17-25(29(39)36-4)10-12-28(24)31/h9-12,16-17,26,35,37H,1-2,5-8,13-15,19H2,3-4H3,(H3,33,34)(H,36,39). The molecular formula is C31H39N7O. The SMILES string of the molecule is C=C(NC)c1ccc2c(c1)CCc1cc(C(=O)NC)ccc1C2(CCNCC(=C)N1CCCC1C#N)C(=N)N. The second-order valence-corrected chi connectivity index (χ2v) is 10.3. The fourth-order valence-corrected chi connectivity index (χ4v) is 6.05. The highest BCUT2D eigenvalue weighted by molar-refractivity contribution is 5.97. The molecule has 0 aromatic heterocycles. The van der Waals surface area contributed by atoms with E-state index in [2.05, 4.69) is 52.2 Å². The number of amidine groups is 1. The quantitative estimate of drug-likeness (QED) is 0.184. The molecule has 2 aliphatic rings. The maximum absolute atomic E-state index is 12.4. The zero-order valence-corrected chi connectivity index (χ0v) is 23.0. The molecule has 1 aliphatic heterocycles. The number of rotatable bonds is 10. The number of carbonyl (C=O) groups excluding carboxylic acids is 1. The van der Waals surface area contributed by atoms with Crippen molar-refractivity contribution in [2.75, 3.05) is 33.7 Å². The zero-order chi connectivity index (χ0) is 28.2. The summed E-state index contributed by atoms with van der Waals surface area (Å²) >= 11 is 0. The van der Waals surface area contributed by atoms with Crippen LogP contribution in [0.4, 0.5) is 0 Å². The highest BCUT2D eigenvalue weighted by atomic mass is 16.1. The summed E-state index contributed by atoms with van der Waals surface area (Å²) in [4.78, 5) is 14.5. The number of amides is 1. The van der Waals surface area contributed by atoms with Crippen LogP contribution in [0.2, 0.25) is 0 Å². The lowest BCUT2D eigenvalue weighted by Gasteiger charge is -2.36. The van der Waals surface area contributed by atoms with Gasteiger partial charge in [0.05, 0.1) is 11.5 Å². The maximum atomic E-state index is 12.4. The zero-order valence-electron chi connectivity index (χ0n) is 23.0. The topological polar surface area (TPSA) is 130 Å². The first-order valence-electron chi connectivity index (χ1n) is 13.5. The van der Waals surface area contributed by atoms with Gasteiger partial charge in [0.25, 0.3) is 5.91 Å². The first-order chi connectivity index (χ1) is 18.8. The molecule has 4 rings (SSSR count). The Balaban J connectivity index is 1.70. The Morgan fingerprint density at radius 3 is 2.36 bits per heavy atom. The Morgan fingerprint density at radius 1 is 1.13 bits per heavy atom. The number of hydrogen-bond donors (Lipinski definition) is 5. The monoisotopic (exact) mass is 525 g/mol. The number of carbonyl (C=O) groups is 1. The minimum Gasteiger partial charge on any atom is -0.388 e. The molecule has 2 aromatic rings. The van der Waals surface area contributed by atoms with Gasteiger partial charge in [-0.2, -0.15) is 5.26 Å². The van der Waals surface area contributed by atoms with Crippen molar-refractivity contribution in [1.29, 1.82) is 10.7 Å². The predicted molar refractivity (Wildman–Crippen MR) is 156 cm³/mol. The second kappa shape index (κ2) is 11.7. The number of nitrogens with one attached hydrogen (secondary N) is 4. The predicted octanol–water partition coefficient (Wildman–Crippen LogP) is 3.04. The van der Waals surface area contributed by atoms with Gasteiger partial charge in [0, 0.05) is 44.1 Å². The molecule has 0 radical (unpaired) electrons. The molecule has 0 spiro atoms. The summed E-state index contributed by atoms with van der Waals surface area (Å²) in [5, 5.41) is 27.7. The molecule has 1 saturated heterocycles. The summed E-state index contributed by atoms with van der Waals surface area (Å²) < 4.78 is 0. The molecule has 0 bridgehead atoms. The van der Waals surface area contributed by atoms with E-state index in [-0.39, 0.29) is 17.8 Å². The van der Waals surface area contributed by atoms with Gasteiger partial charge in [-0.1, -0.05) is 31.4 Å². The summed E-state index contributed by atoms with van der Waals surface area (Å²) in [6.45, 7) is 10.3. The molecule has 1 heterocycles. The highest BCUT2D eigenvalue weighted by Gasteiger charge is 2.42. The van der Waals surface area contributed by atoms with Gasteiger partial charge < -0.3 is 26.6 Å². The minimum atomic E-state index is -0.862. The molecule has 2 unspecified atom stereocenters. The normalized spacial score (nSPS) is 19.7. The van der Waals surface area contributed by atoms with Crippen LogP contribution in [0.1, 0.15) is 57.4 Å². The van der Waals surface area contributed by atoms with E-state index in [4.69, 9.17) is 11.1 Å². The van der Waals surface area contributed by atoms with Crippen LogP contribution >= 0.6 is 0 Å². The van der Waals surface area contributed by atoms with E-state index in [0.29, 0.717) is 25.1 Å². The van der Waals surface area contributed by atoms with Gasteiger partial charge >= 0.3 is 0 Å². The lowest BCUT2D eigenvalue weighted by molar-refractivity contribution is 0.0963. The molecule has 1 fully saturated rings. The molecule has 8 heteroatoms. The third kappa shape index (κ3) is 5.27. The van der Waals surface area contributed by atoms with Crippen LogP contribution in [-0.4, -0.2) is 56.4 Å². The van der Waals surface area contributed by atoms with Gasteiger partial charge in [0.2, 0.25) is 0 Å². The fourth-order valence-electron chi connectivity index (χ4n) is 6.05. The van der Waals surface area contributed by atoms with Crippen molar-refractivity contribution < 1.29 is 4.79 Å². The highest BCUT2D eigenvalue weighted by Crippen LogP contribution is 2.43. The molecule has 39 heavy (non-hydrogen) atoms. The van der Waals surface area contributed by atoms with E-state index in [9.17, 15) is 10.1 Å². The molecule has 1 amide bonds. The van der Waals surface area contributed by atoms with Gasteiger partial charge in [-0.15, -0.1) is 0 Å². The van der Waals surface area contributed by atoms with Gasteiger partial charge in [-0.3, -0.25) is 10.2 Å². The van der Waals surface area contributed by atoms with E-state index in [1.54, 1.807) is 7.05 Å². The number of nitrogens with two attached hydrogens (primary N) is 1. The molecule has 8 nitrogen and oxygen atoms in total.